The molecule has 1 fully saturated rings. The van der Waals surface area contributed by atoms with E-state index in [-0.39, 0.29) is 22.5 Å². The highest BCUT2D eigenvalue weighted by Crippen LogP contribution is 2.38. The lowest BCUT2D eigenvalue weighted by atomic mass is 10.0. The number of rotatable bonds is 4. The molecule has 1 aromatic heterocycles. The fourth-order valence-electron chi connectivity index (χ4n) is 2.67. The van der Waals surface area contributed by atoms with Gasteiger partial charge in [0.05, 0.1) is 17.3 Å². The van der Waals surface area contributed by atoms with Gasteiger partial charge >= 0.3 is 5.97 Å². The summed E-state index contributed by atoms with van der Waals surface area (Å²) in [6.07, 6.45) is 2.06. The number of nitriles is 2. The minimum absolute atomic E-state index is 0.0754. The van der Waals surface area contributed by atoms with Crippen LogP contribution in [0.1, 0.15) is 30.0 Å². The van der Waals surface area contributed by atoms with Gasteiger partial charge in [0.25, 0.3) is 0 Å². The summed E-state index contributed by atoms with van der Waals surface area (Å²) in [5.41, 5.74) is -1.62. The van der Waals surface area contributed by atoms with Crippen LogP contribution < -0.4 is 5.43 Å². The van der Waals surface area contributed by atoms with E-state index in [4.69, 9.17) is 10.5 Å². The van der Waals surface area contributed by atoms with Crippen molar-refractivity contribution in [2.24, 2.45) is 0 Å². The van der Waals surface area contributed by atoms with Crippen molar-refractivity contribution >= 4 is 16.9 Å². The van der Waals surface area contributed by atoms with Crippen LogP contribution in [0.15, 0.2) is 17.1 Å². The molecule has 0 saturated heterocycles. The summed E-state index contributed by atoms with van der Waals surface area (Å²) in [5.74, 6) is -3.06. The van der Waals surface area contributed by atoms with Crippen molar-refractivity contribution in [1.29, 1.82) is 10.5 Å². The van der Waals surface area contributed by atoms with Crippen molar-refractivity contribution in [2.75, 3.05) is 6.61 Å². The summed E-state index contributed by atoms with van der Waals surface area (Å²) in [5, 5.41) is 17.2. The van der Waals surface area contributed by atoms with Gasteiger partial charge in [-0.15, -0.1) is 0 Å². The molecule has 126 valence electrons. The standard InChI is InChI=1S/C17H11F2N3O3/c18-13-5-12-16(15(19)11(13)6-14(23)25-4-3-20)22(10-1-2-10)8-9(7-21)17(12)24/h5,8,10H,1-2,4,6H2. The molecule has 3 rings (SSSR count). The van der Waals surface area contributed by atoms with E-state index in [9.17, 15) is 18.4 Å². The molecule has 1 aromatic carbocycles. The molecule has 1 aliphatic carbocycles. The molecule has 0 unspecified atom stereocenters. The van der Waals surface area contributed by atoms with Gasteiger partial charge in [0.15, 0.2) is 12.4 Å². The first-order chi connectivity index (χ1) is 12.0. The van der Waals surface area contributed by atoms with Crippen molar-refractivity contribution in [3.63, 3.8) is 0 Å². The van der Waals surface area contributed by atoms with Crippen LogP contribution in [0.5, 0.6) is 0 Å². The van der Waals surface area contributed by atoms with Crippen LogP contribution in [-0.4, -0.2) is 17.1 Å². The molecular formula is C17H11F2N3O3. The molecule has 1 aliphatic rings. The molecule has 1 saturated carbocycles. The Balaban J connectivity index is 2.20. The van der Waals surface area contributed by atoms with Crippen LogP contribution in [0.25, 0.3) is 10.9 Å². The van der Waals surface area contributed by atoms with Crippen LogP contribution in [0, 0.1) is 34.3 Å². The average molecular weight is 343 g/mol. The van der Waals surface area contributed by atoms with E-state index in [0.717, 1.165) is 18.9 Å². The van der Waals surface area contributed by atoms with Crippen molar-refractivity contribution < 1.29 is 18.3 Å². The van der Waals surface area contributed by atoms with Gasteiger partial charge in [-0.2, -0.15) is 10.5 Å². The Kier molecular flexibility index (Phi) is 4.20. The van der Waals surface area contributed by atoms with Crippen LogP contribution in [0.2, 0.25) is 0 Å². The first-order valence-corrected chi connectivity index (χ1v) is 7.46. The lowest BCUT2D eigenvalue weighted by Gasteiger charge is -2.14. The molecular weight excluding hydrogens is 332 g/mol. The highest BCUT2D eigenvalue weighted by atomic mass is 19.1. The molecule has 0 atom stereocenters. The third-order valence-electron chi connectivity index (χ3n) is 3.98. The predicted molar refractivity (Wildman–Crippen MR) is 81.4 cm³/mol. The molecule has 0 bridgehead atoms. The van der Waals surface area contributed by atoms with E-state index in [1.165, 1.54) is 10.8 Å². The Labute approximate surface area is 140 Å². The average Bonchev–Trinajstić information content (AvgIpc) is 3.42. The fraction of sp³-hybridized carbons (Fsp3) is 0.294. The van der Waals surface area contributed by atoms with Crippen molar-refractivity contribution in [3.05, 3.63) is 45.2 Å². The molecule has 0 radical (unpaired) electrons. The third kappa shape index (κ3) is 2.94. The van der Waals surface area contributed by atoms with Crippen molar-refractivity contribution in [2.45, 2.75) is 25.3 Å². The molecule has 0 aliphatic heterocycles. The Bertz CT molecular complexity index is 1030. The number of ether oxygens (including phenoxy) is 1. The smallest absolute Gasteiger partial charge is 0.311 e. The largest absolute Gasteiger partial charge is 0.450 e. The van der Waals surface area contributed by atoms with Gasteiger partial charge in [0, 0.05) is 17.8 Å². The summed E-state index contributed by atoms with van der Waals surface area (Å²) in [6, 6.07) is 4.09. The van der Waals surface area contributed by atoms with E-state index < -0.39 is 41.6 Å². The Morgan fingerprint density at radius 1 is 1.36 bits per heavy atom. The minimum Gasteiger partial charge on any atom is -0.450 e. The Morgan fingerprint density at radius 2 is 2.08 bits per heavy atom. The number of nitrogens with zero attached hydrogens (tertiary/aromatic N) is 3. The number of hydrogen-bond acceptors (Lipinski definition) is 5. The molecule has 8 heteroatoms. The molecule has 25 heavy (non-hydrogen) atoms. The van der Waals surface area contributed by atoms with E-state index in [1.54, 1.807) is 12.1 Å². The van der Waals surface area contributed by atoms with Crippen LogP contribution in [0.3, 0.4) is 0 Å². The van der Waals surface area contributed by atoms with Gasteiger partial charge in [-0.25, -0.2) is 8.78 Å². The number of hydrogen-bond donors (Lipinski definition) is 0. The second-order valence-corrected chi connectivity index (χ2v) is 5.66. The topological polar surface area (TPSA) is 95.9 Å². The zero-order chi connectivity index (χ0) is 18.1. The van der Waals surface area contributed by atoms with E-state index in [0.29, 0.717) is 0 Å². The van der Waals surface area contributed by atoms with E-state index >= 15 is 0 Å². The maximum absolute atomic E-state index is 14.9. The van der Waals surface area contributed by atoms with Crippen molar-refractivity contribution in [3.8, 4) is 12.1 Å². The number of halogens is 2. The highest BCUT2D eigenvalue weighted by molar-refractivity contribution is 5.84. The Hall–Kier alpha value is -3.26. The maximum atomic E-state index is 14.9. The number of fused-ring (bicyclic) bond motifs is 1. The molecule has 0 N–H and O–H groups in total. The number of pyridine rings is 1. The summed E-state index contributed by atoms with van der Waals surface area (Å²) < 4.78 is 35.2. The quantitative estimate of drug-likeness (QED) is 0.792. The zero-order valence-electron chi connectivity index (χ0n) is 12.9. The molecule has 6 nitrogen and oxygen atoms in total. The SMILES string of the molecule is N#CCOC(=O)Cc1c(F)cc2c(=O)c(C#N)cn(C3CC3)c2c1F. The minimum atomic E-state index is -1.08. The lowest BCUT2D eigenvalue weighted by molar-refractivity contribution is -0.141. The molecule has 1 heterocycles. The molecule has 2 aromatic rings. The monoisotopic (exact) mass is 343 g/mol. The van der Waals surface area contributed by atoms with Crippen molar-refractivity contribution in [1.82, 2.24) is 4.57 Å². The van der Waals surface area contributed by atoms with Crippen LogP contribution in [0.4, 0.5) is 8.78 Å². The van der Waals surface area contributed by atoms with Gasteiger partial charge < -0.3 is 9.30 Å². The number of carbonyl (C=O) groups excluding carboxylic acids is 1. The summed E-state index contributed by atoms with van der Waals surface area (Å²) in [7, 11) is 0. The Morgan fingerprint density at radius 3 is 2.68 bits per heavy atom. The van der Waals surface area contributed by atoms with Crippen LogP contribution in [-0.2, 0) is 16.0 Å². The third-order valence-corrected chi connectivity index (χ3v) is 3.98. The first-order valence-electron chi connectivity index (χ1n) is 7.46. The second-order valence-electron chi connectivity index (χ2n) is 5.66. The number of esters is 1. The van der Waals surface area contributed by atoms with E-state index in [1.807, 2.05) is 0 Å². The first kappa shape index (κ1) is 16.6. The molecule has 0 spiro atoms. The predicted octanol–water partition coefficient (Wildman–Crippen LogP) is 2.10. The van der Waals surface area contributed by atoms with Gasteiger partial charge in [-0.1, -0.05) is 0 Å². The van der Waals surface area contributed by atoms with Gasteiger partial charge in [0.2, 0.25) is 5.43 Å². The summed E-state index contributed by atoms with van der Waals surface area (Å²) in [4.78, 5) is 23.8. The second kappa shape index (κ2) is 6.33. The van der Waals surface area contributed by atoms with Gasteiger partial charge in [-0.3, -0.25) is 9.59 Å². The number of carbonyl (C=O) groups is 1. The number of aromatic nitrogens is 1. The van der Waals surface area contributed by atoms with Crippen LogP contribution >= 0.6 is 0 Å². The van der Waals surface area contributed by atoms with Gasteiger partial charge in [-0.05, 0) is 18.9 Å². The van der Waals surface area contributed by atoms with Gasteiger partial charge in [0.1, 0.15) is 23.5 Å². The number of benzene rings is 1. The highest BCUT2D eigenvalue weighted by Gasteiger charge is 2.29. The lowest BCUT2D eigenvalue weighted by Crippen LogP contribution is -2.17. The maximum Gasteiger partial charge on any atom is 0.311 e. The summed E-state index contributed by atoms with van der Waals surface area (Å²) in [6.45, 7) is -0.520. The summed E-state index contributed by atoms with van der Waals surface area (Å²) >= 11 is 0. The van der Waals surface area contributed by atoms with E-state index in [2.05, 4.69) is 4.74 Å². The molecule has 0 amide bonds. The zero-order valence-corrected chi connectivity index (χ0v) is 12.9. The fourth-order valence-corrected chi connectivity index (χ4v) is 2.67. The normalized spacial score (nSPS) is 13.3.